The smallest absolute Gasteiger partial charge is 0.413 e. The Kier molecular flexibility index (Phi) is 5.11. The number of hydrogen-bond acceptors (Lipinski definition) is 6. The molecule has 1 saturated heterocycles. The first-order chi connectivity index (χ1) is 11.2. The van der Waals surface area contributed by atoms with Crippen molar-refractivity contribution in [3.63, 3.8) is 0 Å². The number of Topliss-reactive ketones (excluding diaryl/α,β-unsaturated/α-hetero) is 1. The minimum absolute atomic E-state index is 0.0713. The summed E-state index contributed by atoms with van der Waals surface area (Å²) in [7, 11) is 0. The molecule has 1 atom stereocenters. The van der Waals surface area contributed by atoms with Gasteiger partial charge in [0.05, 0.1) is 0 Å². The maximum absolute atomic E-state index is 12.2. The van der Waals surface area contributed by atoms with Crippen molar-refractivity contribution in [1.82, 2.24) is 4.90 Å². The molecule has 0 spiro atoms. The zero-order valence-corrected chi connectivity index (χ0v) is 13.9. The number of benzene rings is 1. The number of hydrogen-bond donors (Lipinski definition) is 1. The molecule has 0 saturated carbocycles. The van der Waals surface area contributed by atoms with Crippen LogP contribution >= 0.6 is 0 Å². The summed E-state index contributed by atoms with van der Waals surface area (Å²) in [4.78, 5) is 37.3. The minimum Gasteiger partial charge on any atom is -0.508 e. The van der Waals surface area contributed by atoms with Gasteiger partial charge in [-0.05, 0) is 51.5 Å². The maximum Gasteiger partial charge on any atom is 0.413 e. The molecule has 1 aromatic rings. The third kappa shape index (κ3) is 4.47. The molecule has 0 unspecified atom stereocenters. The Labute approximate surface area is 140 Å². The lowest BCUT2D eigenvalue weighted by Crippen LogP contribution is -2.41. The quantitative estimate of drug-likeness (QED) is 0.671. The molecule has 1 heterocycles. The number of nitrogens with zero attached hydrogens (tertiary/aromatic N) is 1. The van der Waals surface area contributed by atoms with Crippen LogP contribution in [0.3, 0.4) is 0 Å². The van der Waals surface area contributed by atoms with Crippen LogP contribution in [0.4, 0.5) is 4.79 Å². The number of carbonyl (C=O) groups is 3. The lowest BCUT2D eigenvalue weighted by atomic mass is 10.0. The third-order valence-electron chi connectivity index (χ3n) is 3.46. The summed E-state index contributed by atoms with van der Waals surface area (Å²) < 4.78 is 10.2. The van der Waals surface area contributed by atoms with Gasteiger partial charge < -0.3 is 14.6 Å². The predicted octanol–water partition coefficient (Wildman–Crippen LogP) is 2.48. The van der Waals surface area contributed by atoms with Crippen molar-refractivity contribution >= 4 is 17.8 Å². The van der Waals surface area contributed by atoms with Gasteiger partial charge in [0.25, 0.3) is 0 Å². The molecule has 1 amide bonds. The van der Waals surface area contributed by atoms with Crippen molar-refractivity contribution in [3.05, 3.63) is 29.8 Å². The number of ketones is 1. The molecule has 1 N–H and O–H groups in total. The van der Waals surface area contributed by atoms with E-state index in [0.29, 0.717) is 5.56 Å². The van der Waals surface area contributed by atoms with E-state index in [-0.39, 0.29) is 31.1 Å². The highest BCUT2D eigenvalue weighted by atomic mass is 16.6. The van der Waals surface area contributed by atoms with E-state index in [1.165, 1.54) is 29.2 Å². The van der Waals surface area contributed by atoms with E-state index >= 15 is 0 Å². The topological polar surface area (TPSA) is 93.1 Å². The van der Waals surface area contributed by atoms with E-state index < -0.39 is 23.7 Å². The van der Waals surface area contributed by atoms with Crippen LogP contribution in [-0.2, 0) is 14.3 Å². The molecule has 1 aliphatic rings. The number of cyclic esters (lactones) is 1. The normalized spacial score (nSPS) is 17.5. The molecule has 130 valence electrons. The second kappa shape index (κ2) is 6.90. The largest absolute Gasteiger partial charge is 0.508 e. The lowest BCUT2D eigenvalue weighted by Gasteiger charge is -2.25. The SMILES string of the molecule is CC(C)(C)OC(=O)N1COC(=O)[C@H]1CCC(=O)c1ccc(O)cc1. The zero-order valence-electron chi connectivity index (χ0n) is 13.9. The van der Waals surface area contributed by atoms with Crippen LogP contribution in [0.5, 0.6) is 5.75 Å². The molecule has 0 radical (unpaired) electrons. The zero-order chi connectivity index (χ0) is 17.9. The molecule has 0 aromatic heterocycles. The summed E-state index contributed by atoms with van der Waals surface area (Å²) in [6.07, 6.45) is -0.419. The standard InChI is InChI=1S/C17H21NO6/c1-17(2,3)24-16(22)18-10-23-15(21)13(18)8-9-14(20)11-4-6-12(19)7-5-11/h4-7,13,19H,8-10H2,1-3H3/t13-/m1/s1. The van der Waals surface area contributed by atoms with Crippen LogP contribution in [0.1, 0.15) is 44.0 Å². The molecule has 24 heavy (non-hydrogen) atoms. The molecule has 2 rings (SSSR count). The summed E-state index contributed by atoms with van der Waals surface area (Å²) in [5.41, 5.74) is -0.252. The monoisotopic (exact) mass is 335 g/mol. The number of aromatic hydroxyl groups is 1. The van der Waals surface area contributed by atoms with Gasteiger partial charge in [-0.25, -0.2) is 9.59 Å². The Morgan fingerprint density at radius 2 is 1.92 bits per heavy atom. The first-order valence-corrected chi connectivity index (χ1v) is 7.66. The fourth-order valence-electron chi connectivity index (χ4n) is 2.28. The number of esters is 1. The Bertz CT molecular complexity index is 631. The molecule has 0 aliphatic carbocycles. The van der Waals surface area contributed by atoms with Crippen LogP contribution in [0, 0.1) is 0 Å². The van der Waals surface area contributed by atoms with Crippen LogP contribution in [0.2, 0.25) is 0 Å². The maximum atomic E-state index is 12.2. The molecule has 1 aromatic carbocycles. The van der Waals surface area contributed by atoms with Crippen LogP contribution in [0.15, 0.2) is 24.3 Å². The number of amides is 1. The highest BCUT2D eigenvalue weighted by Crippen LogP contribution is 2.21. The van der Waals surface area contributed by atoms with E-state index in [1.807, 2.05) is 0 Å². The van der Waals surface area contributed by atoms with Crippen LogP contribution in [0.25, 0.3) is 0 Å². The Hall–Kier alpha value is -2.57. The van der Waals surface area contributed by atoms with Gasteiger partial charge >= 0.3 is 12.1 Å². The fraction of sp³-hybridized carbons (Fsp3) is 0.471. The molecule has 7 heteroatoms. The number of ether oxygens (including phenoxy) is 2. The highest BCUT2D eigenvalue weighted by molar-refractivity contribution is 5.96. The van der Waals surface area contributed by atoms with Crippen molar-refractivity contribution < 1.29 is 29.0 Å². The summed E-state index contributed by atoms with van der Waals surface area (Å²) in [6.45, 7) is 5.01. The minimum atomic E-state index is -0.832. The van der Waals surface area contributed by atoms with Crippen LogP contribution < -0.4 is 0 Å². The second-order valence-electron chi connectivity index (χ2n) is 6.57. The molecule has 1 fully saturated rings. The lowest BCUT2D eigenvalue weighted by molar-refractivity contribution is -0.139. The summed E-state index contributed by atoms with van der Waals surface area (Å²) in [5.74, 6) is -0.653. The summed E-state index contributed by atoms with van der Waals surface area (Å²) in [5, 5.41) is 9.23. The second-order valence-corrected chi connectivity index (χ2v) is 6.57. The first-order valence-electron chi connectivity index (χ1n) is 7.66. The van der Waals surface area contributed by atoms with Gasteiger partial charge in [0.1, 0.15) is 17.4 Å². The van der Waals surface area contributed by atoms with Gasteiger partial charge in [-0.2, -0.15) is 0 Å². The molecule has 1 aliphatic heterocycles. The Morgan fingerprint density at radius 3 is 2.50 bits per heavy atom. The molecular weight excluding hydrogens is 314 g/mol. The highest BCUT2D eigenvalue weighted by Gasteiger charge is 2.39. The summed E-state index contributed by atoms with van der Waals surface area (Å²) in [6, 6.07) is 5.03. The number of phenols is 1. The van der Waals surface area contributed by atoms with E-state index in [1.54, 1.807) is 20.8 Å². The van der Waals surface area contributed by atoms with Crippen molar-refractivity contribution in [2.45, 2.75) is 45.3 Å². The van der Waals surface area contributed by atoms with Crippen molar-refractivity contribution in [2.75, 3.05) is 6.73 Å². The van der Waals surface area contributed by atoms with Gasteiger partial charge in [-0.3, -0.25) is 9.69 Å². The van der Waals surface area contributed by atoms with Crippen molar-refractivity contribution in [1.29, 1.82) is 0 Å². The van der Waals surface area contributed by atoms with E-state index in [0.717, 1.165) is 0 Å². The van der Waals surface area contributed by atoms with E-state index in [4.69, 9.17) is 9.47 Å². The molecular formula is C17H21NO6. The number of carbonyl (C=O) groups excluding carboxylic acids is 3. The van der Waals surface area contributed by atoms with Gasteiger partial charge in [-0.1, -0.05) is 0 Å². The Morgan fingerprint density at radius 1 is 1.29 bits per heavy atom. The third-order valence-corrected chi connectivity index (χ3v) is 3.46. The fourth-order valence-corrected chi connectivity index (χ4v) is 2.28. The predicted molar refractivity (Wildman–Crippen MR) is 84.5 cm³/mol. The van der Waals surface area contributed by atoms with Gasteiger partial charge in [0.2, 0.25) is 0 Å². The van der Waals surface area contributed by atoms with Gasteiger partial charge in [-0.15, -0.1) is 0 Å². The Balaban J connectivity index is 1.98. The van der Waals surface area contributed by atoms with Crippen molar-refractivity contribution in [2.24, 2.45) is 0 Å². The molecule has 7 nitrogen and oxygen atoms in total. The van der Waals surface area contributed by atoms with Crippen molar-refractivity contribution in [3.8, 4) is 5.75 Å². The number of phenolic OH excluding ortho intramolecular Hbond substituents is 1. The first kappa shape index (κ1) is 17.8. The van der Waals surface area contributed by atoms with E-state index in [2.05, 4.69) is 0 Å². The van der Waals surface area contributed by atoms with Gasteiger partial charge in [0, 0.05) is 12.0 Å². The van der Waals surface area contributed by atoms with Gasteiger partial charge in [0.15, 0.2) is 12.5 Å². The molecule has 0 bridgehead atoms. The average Bonchev–Trinajstić information content (AvgIpc) is 2.85. The number of rotatable bonds is 4. The van der Waals surface area contributed by atoms with E-state index in [9.17, 15) is 19.5 Å². The average molecular weight is 335 g/mol. The van der Waals surface area contributed by atoms with Crippen LogP contribution in [-0.4, -0.2) is 46.2 Å². The summed E-state index contributed by atoms with van der Waals surface area (Å²) >= 11 is 0.